The predicted molar refractivity (Wildman–Crippen MR) is 93.5 cm³/mol. The van der Waals surface area contributed by atoms with Crippen molar-refractivity contribution in [3.8, 4) is 5.88 Å². The predicted octanol–water partition coefficient (Wildman–Crippen LogP) is 2.45. The minimum atomic E-state index is -0.219. The zero-order valence-electron chi connectivity index (χ0n) is 14.5. The lowest BCUT2D eigenvalue weighted by Crippen LogP contribution is -2.29. The Morgan fingerprint density at radius 1 is 1.28 bits per heavy atom. The minimum absolute atomic E-state index is 0.0867. The maximum absolute atomic E-state index is 11.9. The Labute approximate surface area is 147 Å². The zero-order valence-corrected chi connectivity index (χ0v) is 14.5. The molecule has 0 atom stereocenters. The van der Waals surface area contributed by atoms with E-state index < -0.39 is 0 Å². The summed E-state index contributed by atoms with van der Waals surface area (Å²) in [5.41, 5.74) is 0.834. The second kappa shape index (κ2) is 8.50. The molecule has 0 aliphatic carbocycles. The number of aryl methyl sites for hydroxylation is 1. The molecule has 0 saturated carbocycles. The first-order chi connectivity index (χ1) is 12.2. The summed E-state index contributed by atoms with van der Waals surface area (Å²) >= 11 is 0. The van der Waals surface area contributed by atoms with Crippen LogP contribution in [0.1, 0.15) is 37.1 Å². The van der Waals surface area contributed by atoms with E-state index in [1.165, 1.54) is 12.8 Å². The van der Waals surface area contributed by atoms with E-state index in [0.29, 0.717) is 24.1 Å². The van der Waals surface area contributed by atoms with Gasteiger partial charge < -0.3 is 19.4 Å². The number of carbonyl (C=O) groups excluding carboxylic acids is 1. The Morgan fingerprint density at radius 3 is 2.80 bits per heavy atom. The number of nitrogens with one attached hydrogen (secondary N) is 1. The number of hydrogen-bond donors (Lipinski definition) is 1. The van der Waals surface area contributed by atoms with Crippen molar-refractivity contribution in [3.05, 3.63) is 35.9 Å². The van der Waals surface area contributed by atoms with Crippen LogP contribution in [0.2, 0.25) is 0 Å². The molecule has 1 saturated heterocycles. The average molecular weight is 344 g/mol. The van der Waals surface area contributed by atoms with E-state index in [9.17, 15) is 4.79 Å². The highest BCUT2D eigenvalue weighted by atomic mass is 16.5. The molecule has 0 spiro atoms. The molecule has 3 heterocycles. The van der Waals surface area contributed by atoms with E-state index >= 15 is 0 Å². The zero-order chi connectivity index (χ0) is 17.5. The number of nitrogens with zero attached hydrogens (tertiary/aromatic N) is 3. The number of ether oxygens (including phenoxy) is 1. The average Bonchev–Trinajstić information content (AvgIpc) is 2.98. The molecule has 0 bridgehead atoms. The van der Waals surface area contributed by atoms with E-state index in [0.717, 1.165) is 31.6 Å². The molecular formula is C18H24N4O3. The van der Waals surface area contributed by atoms with Crippen molar-refractivity contribution < 1.29 is 13.9 Å². The van der Waals surface area contributed by atoms with Crippen molar-refractivity contribution in [2.24, 2.45) is 0 Å². The maximum atomic E-state index is 11.9. The fourth-order valence-electron chi connectivity index (χ4n) is 2.80. The van der Waals surface area contributed by atoms with Crippen LogP contribution in [0.15, 0.2) is 28.9 Å². The number of aromatic nitrogens is 2. The first kappa shape index (κ1) is 17.3. The van der Waals surface area contributed by atoms with Crippen LogP contribution in [0, 0.1) is 6.92 Å². The Kier molecular flexibility index (Phi) is 5.87. The molecule has 0 radical (unpaired) electrons. The van der Waals surface area contributed by atoms with Gasteiger partial charge in [0.1, 0.15) is 5.76 Å². The fraction of sp³-hybridized carbons (Fsp3) is 0.500. The van der Waals surface area contributed by atoms with Gasteiger partial charge in [-0.3, -0.25) is 4.79 Å². The van der Waals surface area contributed by atoms with Crippen molar-refractivity contribution in [3.63, 3.8) is 0 Å². The Bertz CT molecular complexity index is 680. The highest BCUT2D eigenvalue weighted by molar-refractivity contribution is 5.77. The number of furan rings is 1. The molecule has 25 heavy (non-hydrogen) atoms. The summed E-state index contributed by atoms with van der Waals surface area (Å²) in [7, 11) is 0. The second-order valence-electron chi connectivity index (χ2n) is 6.19. The van der Waals surface area contributed by atoms with Crippen molar-refractivity contribution >= 4 is 11.9 Å². The van der Waals surface area contributed by atoms with Gasteiger partial charge in [-0.25, -0.2) is 4.98 Å². The van der Waals surface area contributed by atoms with Gasteiger partial charge in [-0.2, -0.15) is 4.98 Å². The van der Waals surface area contributed by atoms with Crippen LogP contribution in [0.3, 0.4) is 0 Å². The van der Waals surface area contributed by atoms with E-state index in [1.54, 1.807) is 18.4 Å². The first-order valence-corrected chi connectivity index (χ1v) is 8.73. The SMILES string of the molecule is Cc1cc(OCC(=O)NCc2ccco2)nc(N2CCCCCC2)n1. The molecule has 1 aliphatic rings. The van der Waals surface area contributed by atoms with Gasteiger partial charge in [0.25, 0.3) is 5.91 Å². The van der Waals surface area contributed by atoms with Crippen LogP contribution >= 0.6 is 0 Å². The van der Waals surface area contributed by atoms with Gasteiger partial charge >= 0.3 is 0 Å². The molecule has 3 rings (SSSR count). The molecule has 1 aliphatic heterocycles. The number of amides is 1. The third-order valence-corrected chi connectivity index (χ3v) is 4.10. The van der Waals surface area contributed by atoms with Crippen molar-refractivity contribution in [1.29, 1.82) is 0 Å². The number of anilines is 1. The second-order valence-corrected chi connectivity index (χ2v) is 6.19. The molecule has 7 nitrogen and oxygen atoms in total. The van der Waals surface area contributed by atoms with Crippen LogP contribution in [-0.4, -0.2) is 35.6 Å². The van der Waals surface area contributed by atoms with Crippen LogP contribution < -0.4 is 15.0 Å². The van der Waals surface area contributed by atoms with Crippen molar-refractivity contribution in [1.82, 2.24) is 15.3 Å². The summed E-state index contributed by atoms with van der Waals surface area (Å²) in [6.07, 6.45) is 6.39. The van der Waals surface area contributed by atoms with Gasteiger partial charge in [0, 0.05) is 24.8 Å². The number of hydrogen-bond acceptors (Lipinski definition) is 6. The molecule has 2 aromatic heterocycles. The van der Waals surface area contributed by atoms with E-state index in [4.69, 9.17) is 9.15 Å². The molecule has 1 amide bonds. The molecule has 7 heteroatoms. The van der Waals surface area contributed by atoms with E-state index in [2.05, 4.69) is 20.2 Å². The van der Waals surface area contributed by atoms with Crippen molar-refractivity contribution in [2.75, 3.05) is 24.6 Å². The third kappa shape index (κ3) is 5.20. The lowest BCUT2D eigenvalue weighted by molar-refractivity contribution is -0.123. The smallest absolute Gasteiger partial charge is 0.258 e. The molecule has 2 aromatic rings. The van der Waals surface area contributed by atoms with E-state index in [1.807, 2.05) is 13.0 Å². The highest BCUT2D eigenvalue weighted by Gasteiger charge is 2.14. The summed E-state index contributed by atoms with van der Waals surface area (Å²) in [6, 6.07) is 5.34. The van der Waals surface area contributed by atoms with Gasteiger partial charge in [-0.05, 0) is 31.9 Å². The monoisotopic (exact) mass is 344 g/mol. The normalized spacial score (nSPS) is 14.8. The lowest BCUT2D eigenvalue weighted by atomic mass is 10.2. The first-order valence-electron chi connectivity index (χ1n) is 8.73. The Hall–Kier alpha value is -2.57. The molecule has 134 valence electrons. The lowest BCUT2D eigenvalue weighted by Gasteiger charge is -2.21. The summed E-state index contributed by atoms with van der Waals surface area (Å²) < 4.78 is 10.7. The minimum Gasteiger partial charge on any atom is -0.467 e. The summed E-state index contributed by atoms with van der Waals surface area (Å²) in [5.74, 6) is 1.60. The summed E-state index contributed by atoms with van der Waals surface area (Å²) in [4.78, 5) is 23.1. The maximum Gasteiger partial charge on any atom is 0.258 e. The quantitative estimate of drug-likeness (QED) is 0.867. The van der Waals surface area contributed by atoms with Crippen LogP contribution in [-0.2, 0) is 11.3 Å². The summed E-state index contributed by atoms with van der Waals surface area (Å²) in [6.45, 7) is 4.10. The van der Waals surface area contributed by atoms with Crippen LogP contribution in [0.5, 0.6) is 5.88 Å². The van der Waals surface area contributed by atoms with E-state index in [-0.39, 0.29) is 12.5 Å². The summed E-state index contributed by atoms with van der Waals surface area (Å²) in [5, 5.41) is 2.74. The van der Waals surface area contributed by atoms with Gasteiger partial charge in [0.05, 0.1) is 12.8 Å². The molecule has 1 N–H and O–H groups in total. The van der Waals surface area contributed by atoms with Crippen LogP contribution in [0.4, 0.5) is 5.95 Å². The third-order valence-electron chi connectivity index (χ3n) is 4.10. The van der Waals surface area contributed by atoms with Gasteiger partial charge in [-0.15, -0.1) is 0 Å². The molecule has 0 aromatic carbocycles. The topological polar surface area (TPSA) is 80.5 Å². The standard InChI is InChI=1S/C18H24N4O3/c1-14-11-17(21-18(20-14)22-8-4-2-3-5-9-22)25-13-16(23)19-12-15-7-6-10-24-15/h6-7,10-11H,2-5,8-9,12-13H2,1H3,(H,19,23). The number of rotatable bonds is 6. The fourth-order valence-corrected chi connectivity index (χ4v) is 2.80. The van der Waals surface area contributed by atoms with Crippen molar-refractivity contribution in [2.45, 2.75) is 39.2 Å². The Balaban J connectivity index is 1.55. The largest absolute Gasteiger partial charge is 0.467 e. The van der Waals surface area contributed by atoms with Gasteiger partial charge in [0.15, 0.2) is 6.61 Å². The molecule has 0 unspecified atom stereocenters. The van der Waals surface area contributed by atoms with Gasteiger partial charge in [-0.1, -0.05) is 12.8 Å². The molecule has 1 fully saturated rings. The van der Waals surface area contributed by atoms with Gasteiger partial charge in [0.2, 0.25) is 11.8 Å². The number of carbonyl (C=O) groups is 1. The molecular weight excluding hydrogens is 320 g/mol. The van der Waals surface area contributed by atoms with Crippen LogP contribution in [0.25, 0.3) is 0 Å². The highest BCUT2D eigenvalue weighted by Crippen LogP contribution is 2.19. The Morgan fingerprint density at radius 2 is 2.08 bits per heavy atom.